The van der Waals surface area contributed by atoms with Gasteiger partial charge >= 0.3 is 0 Å². The van der Waals surface area contributed by atoms with Gasteiger partial charge < -0.3 is 5.32 Å². The van der Waals surface area contributed by atoms with E-state index in [0.717, 1.165) is 38.5 Å². The molecule has 0 aromatic rings. The van der Waals surface area contributed by atoms with Gasteiger partial charge in [-0.15, -0.1) is 0 Å². The smallest absolute Gasteiger partial charge is 0.233 e. The molecule has 4 nitrogen and oxygen atoms in total. The van der Waals surface area contributed by atoms with Gasteiger partial charge in [-0.1, -0.05) is 12.2 Å². The molecule has 19 heavy (non-hydrogen) atoms. The zero-order valence-electron chi connectivity index (χ0n) is 11.5. The Kier molecular flexibility index (Phi) is 3.44. The van der Waals surface area contributed by atoms with Gasteiger partial charge in [0.2, 0.25) is 11.8 Å². The maximum atomic E-state index is 12.5. The van der Waals surface area contributed by atoms with E-state index in [0.29, 0.717) is 6.04 Å². The van der Waals surface area contributed by atoms with Crippen molar-refractivity contribution in [2.24, 2.45) is 11.8 Å². The normalized spacial score (nSPS) is 38.7. The molecule has 2 fully saturated rings. The molecule has 0 aromatic heterocycles. The minimum Gasteiger partial charge on any atom is -0.317 e. The Hall–Kier alpha value is -1.16. The van der Waals surface area contributed by atoms with Crippen LogP contribution in [-0.4, -0.2) is 35.8 Å². The number of amides is 2. The molecule has 2 aliphatic carbocycles. The molecule has 0 bridgehead atoms. The van der Waals surface area contributed by atoms with E-state index >= 15 is 0 Å². The highest BCUT2D eigenvalue weighted by molar-refractivity contribution is 6.05. The SMILES string of the molecule is CNC1CCC(N2C(=O)C3CC=CCC3C2=O)CC1. The average Bonchev–Trinajstić information content (AvgIpc) is 2.72. The highest BCUT2D eigenvalue weighted by atomic mass is 16.2. The van der Waals surface area contributed by atoms with Crippen LogP contribution < -0.4 is 5.32 Å². The van der Waals surface area contributed by atoms with Crippen LogP contribution in [0.5, 0.6) is 0 Å². The van der Waals surface area contributed by atoms with Crippen LogP contribution >= 0.6 is 0 Å². The van der Waals surface area contributed by atoms with Crippen LogP contribution in [0.25, 0.3) is 0 Å². The summed E-state index contributed by atoms with van der Waals surface area (Å²) < 4.78 is 0. The summed E-state index contributed by atoms with van der Waals surface area (Å²) in [5.74, 6) is 0.0403. The third-order valence-electron chi connectivity index (χ3n) is 5.01. The summed E-state index contributed by atoms with van der Waals surface area (Å²) in [7, 11) is 1.98. The number of nitrogens with zero attached hydrogens (tertiary/aromatic N) is 1. The minimum atomic E-state index is -0.0699. The number of likely N-dealkylation sites (tertiary alicyclic amines) is 1. The van der Waals surface area contributed by atoms with Crippen molar-refractivity contribution < 1.29 is 9.59 Å². The second kappa shape index (κ2) is 5.08. The third-order valence-corrected chi connectivity index (χ3v) is 5.01. The molecule has 1 saturated carbocycles. The Morgan fingerprint density at radius 1 is 1.00 bits per heavy atom. The van der Waals surface area contributed by atoms with Gasteiger partial charge in [0.25, 0.3) is 0 Å². The molecule has 0 aromatic carbocycles. The number of imide groups is 1. The number of fused-ring (bicyclic) bond motifs is 1. The fourth-order valence-electron chi connectivity index (χ4n) is 3.81. The second-order valence-corrected chi connectivity index (χ2v) is 6.00. The molecule has 2 atom stereocenters. The fourth-order valence-corrected chi connectivity index (χ4v) is 3.81. The number of carbonyl (C=O) groups is 2. The second-order valence-electron chi connectivity index (χ2n) is 6.00. The van der Waals surface area contributed by atoms with Crippen molar-refractivity contribution in [2.45, 2.75) is 50.6 Å². The summed E-state index contributed by atoms with van der Waals surface area (Å²) in [5, 5.41) is 3.29. The van der Waals surface area contributed by atoms with Crippen molar-refractivity contribution in [2.75, 3.05) is 7.05 Å². The lowest BCUT2D eigenvalue weighted by Crippen LogP contribution is -2.45. The van der Waals surface area contributed by atoms with Crippen LogP contribution in [0.1, 0.15) is 38.5 Å². The Balaban J connectivity index is 1.72. The number of rotatable bonds is 2. The van der Waals surface area contributed by atoms with Gasteiger partial charge in [-0.2, -0.15) is 0 Å². The summed E-state index contributed by atoms with van der Waals surface area (Å²) in [5.41, 5.74) is 0. The van der Waals surface area contributed by atoms with Gasteiger partial charge in [0, 0.05) is 12.1 Å². The summed E-state index contributed by atoms with van der Waals surface area (Å²) in [4.78, 5) is 26.5. The molecule has 3 rings (SSSR count). The van der Waals surface area contributed by atoms with Gasteiger partial charge in [0.15, 0.2) is 0 Å². The minimum absolute atomic E-state index is 0.0699. The van der Waals surface area contributed by atoms with Gasteiger partial charge in [0.05, 0.1) is 11.8 Å². The highest BCUT2D eigenvalue weighted by Gasteiger charge is 2.49. The quantitative estimate of drug-likeness (QED) is 0.605. The van der Waals surface area contributed by atoms with Crippen molar-refractivity contribution in [3.63, 3.8) is 0 Å². The molecule has 1 aliphatic heterocycles. The van der Waals surface area contributed by atoms with Crippen LogP contribution in [0.3, 0.4) is 0 Å². The molecular weight excluding hydrogens is 240 g/mol. The van der Waals surface area contributed by atoms with E-state index in [4.69, 9.17) is 0 Å². The molecule has 0 radical (unpaired) electrons. The zero-order valence-corrected chi connectivity index (χ0v) is 11.5. The lowest BCUT2D eigenvalue weighted by atomic mass is 9.85. The van der Waals surface area contributed by atoms with E-state index in [9.17, 15) is 9.59 Å². The number of carbonyl (C=O) groups excluding carboxylic acids is 2. The third kappa shape index (κ3) is 2.12. The van der Waals surface area contributed by atoms with Gasteiger partial charge in [-0.25, -0.2) is 0 Å². The van der Waals surface area contributed by atoms with E-state index < -0.39 is 0 Å². The van der Waals surface area contributed by atoms with Crippen LogP contribution in [0.15, 0.2) is 12.2 Å². The van der Waals surface area contributed by atoms with Crippen molar-refractivity contribution >= 4 is 11.8 Å². The van der Waals surface area contributed by atoms with Crippen LogP contribution in [0.2, 0.25) is 0 Å². The topological polar surface area (TPSA) is 49.4 Å². The molecular formula is C15H22N2O2. The van der Waals surface area contributed by atoms with Crippen LogP contribution in [0, 0.1) is 11.8 Å². The van der Waals surface area contributed by atoms with Gasteiger partial charge in [-0.05, 0) is 45.6 Å². The van der Waals surface area contributed by atoms with Crippen molar-refractivity contribution in [3.8, 4) is 0 Å². The summed E-state index contributed by atoms with van der Waals surface area (Å²) in [6.07, 6.45) is 9.63. The molecule has 2 amide bonds. The molecule has 1 heterocycles. The van der Waals surface area contributed by atoms with Crippen LogP contribution in [0.4, 0.5) is 0 Å². The Morgan fingerprint density at radius 2 is 1.53 bits per heavy atom. The Morgan fingerprint density at radius 3 is 2.00 bits per heavy atom. The first kappa shape index (κ1) is 12.9. The van der Waals surface area contributed by atoms with E-state index in [1.807, 2.05) is 19.2 Å². The molecule has 1 saturated heterocycles. The van der Waals surface area contributed by atoms with E-state index in [1.165, 1.54) is 0 Å². The van der Waals surface area contributed by atoms with Crippen molar-refractivity contribution in [3.05, 3.63) is 12.2 Å². The first-order valence-corrected chi connectivity index (χ1v) is 7.41. The number of hydrogen-bond donors (Lipinski definition) is 1. The summed E-state index contributed by atoms with van der Waals surface area (Å²) in [6.45, 7) is 0. The number of hydrogen-bond acceptors (Lipinski definition) is 3. The largest absolute Gasteiger partial charge is 0.317 e. The Labute approximate surface area is 114 Å². The van der Waals surface area contributed by atoms with E-state index in [1.54, 1.807) is 4.90 Å². The predicted molar refractivity (Wildman–Crippen MR) is 72.3 cm³/mol. The van der Waals surface area contributed by atoms with E-state index in [-0.39, 0.29) is 29.7 Å². The molecule has 2 unspecified atom stereocenters. The molecule has 0 spiro atoms. The van der Waals surface area contributed by atoms with E-state index in [2.05, 4.69) is 5.32 Å². The van der Waals surface area contributed by atoms with Crippen molar-refractivity contribution in [1.29, 1.82) is 0 Å². The average molecular weight is 262 g/mol. The maximum Gasteiger partial charge on any atom is 0.233 e. The molecule has 4 heteroatoms. The first-order chi connectivity index (χ1) is 9.22. The van der Waals surface area contributed by atoms with Gasteiger partial charge in [0.1, 0.15) is 0 Å². The number of allylic oxidation sites excluding steroid dienone is 2. The van der Waals surface area contributed by atoms with Crippen LogP contribution in [-0.2, 0) is 9.59 Å². The fraction of sp³-hybridized carbons (Fsp3) is 0.733. The predicted octanol–water partition coefficient (Wildman–Crippen LogP) is 1.47. The lowest BCUT2D eigenvalue weighted by Gasteiger charge is -2.33. The zero-order chi connectivity index (χ0) is 13.4. The summed E-state index contributed by atoms with van der Waals surface area (Å²) >= 11 is 0. The summed E-state index contributed by atoms with van der Waals surface area (Å²) in [6, 6.07) is 0.697. The molecule has 104 valence electrons. The van der Waals surface area contributed by atoms with Crippen molar-refractivity contribution in [1.82, 2.24) is 10.2 Å². The van der Waals surface area contributed by atoms with Gasteiger partial charge in [-0.3, -0.25) is 14.5 Å². The highest BCUT2D eigenvalue weighted by Crippen LogP contribution is 2.38. The first-order valence-electron chi connectivity index (χ1n) is 7.41. The molecule has 1 N–H and O–H groups in total. The monoisotopic (exact) mass is 262 g/mol. The Bertz CT molecular complexity index is 384. The standard InChI is InChI=1S/C15H22N2O2/c1-16-10-6-8-11(9-7-10)17-14(18)12-4-2-3-5-13(12)15(17)19/h2-3,10-13,16H,4-9H2,1H3. The lowest BCUT2D eigenvalue weighted by molar-refractivity contribution is -0.143. The maximum absolute atomic E-state index is 12.5. The number of nitrogens with one attached hydrogen (secondary N) is 1. The molecule has 3 aliphatic rings.